The van der Waals surface area contributed by atoms with E-state index in [9.17, 15) is 13.2 Å². The molecule has 0 saturated heterocycles. The number of halogens is 3. The molecule has 0 heterocycles. The van der Waals surface area contributed by atoms with Gasteiger partial charge in [-0.1, -0.05) is 6.92 Å². The number of hydrogen-bond acceptors (Lipinski definition) is 2. The number of rotatable bonds is 8. The SMILES string of the molecule is CC[Si](CC(F)C(F)F)(OC(C)C)OC(C)C. The van der Waals surface area contributed by atoms with Crippen LogP contribution in [0.25, 0.3) is 0 Å². The highest BCUT2D eigenvalue weighted by atomic mass is 28.4. The van der Waals surface area contributed by atoms with Crippen molar-refractivity contribution in [2.24, 2.45) is 0 Å². The van der Waals surface area contributed by atoms with Crippen molar-refractivity contribution in [1.29, 1.82) is 0 Å². The van der Waals surface area contributed by atoms with Crippen LogP contribution in [0.15, 0.2) is 0 Å². The van der Waals surface area contributed by atoms with E-state index in [4.69, 9.17) is 8.85 Å². The van der Waals surface area contributed by atoms with Crippen molar-refractivity contribution in [2.75, 3.05) is 0 Å². The minimum Gasteiger partial charge on any atom is -0.392 e. The lowest BCUT2D eigenvalue weighted by atomic mass is 10.5. The molecule has 0 aromatic heterocycles. The molecule has 0 radical (unpaired) electrons. The summed E-state index contributed by atoms with van der Waals surface area (Å²) in [5.41, 5.74) is 0. The lowest BCUT2D eigenvalue weighted by Gasteiger charge is -2.34. The monoisotopic (exact) mass is 272 g/mol. The van der Waals surface area contributed by atoms with Crippen LogP contribution in [0.2, 0.25) is 12.1 Å². The van der Waals surface area contributed by atoms with Gasteiger partial charge in [0.2, 0.25) is 0 Å². The molecule has 0 fully saturated rings. The molecular formula is C11H23F3O2Si. The second-order valence-electron chi connectivity index (χ2n) is 4.65. The maximum absolute atomic E-state index is 13.2. The third kappa shape index (κ3) is 6.43. The molecule has 0 N–H and O–H groups in total. The first-order chi connectivity index (χ1) is 7.72. The predicted octanol–water partition coefficient (Wildman–Crippen LogP) is 3.90. The Kier molecular flexibility index (Phi) is 7.35. The molecule has 1 atom stereocenters. The van der Waals surface area contributed by atoms with E-state index in [1.165, 1.54) is 0 Å². The van der Waals surface area contributed by atoms with E-state index in [2.05, 4.69) is 0 Å². The van der Waals surface area contributed by atoms with Crippen LogP contribution in [0.5, 0.6) is 0 Å². The Hall–Kier alpha value is -0.0731. The van der Waals surface area contributed by atoms with E-state index >= 15 is 0 Å². The summed E-state index contributed by atoms with van der Waals surface area (Å²) in [4.78, 5) is 0. The van der Waals surface area contributed by atoms with Gasteiger partial charge in [-0.25, -0.2) is 13.2 Å². The van der Waals surface area contributed by atoms with Gasteiger partial charge >= 0.3 is 8.56 Å². The molecule has 1 unspecified atom stereocenters. The first-order valence-electron chi connectivity index (χ1n) is 6.00. The van der Waals surface area contributed by atoms with Crippen LogP contribution in [0.4, 0.5) is 13.2 Å². The maximum Gasteiger partial charge on any atom is 0.341 e. The van der Waals surface area contributed by atoms with Crippen LogP contribution >= 0.6 is 0 Å². The van der Waals surface area contributed by atoms with Crippen molar-refractivity contribution in [3.05, 3.63) is 0 Å². The normalized spacial score (nSPS) is 15.0. The molecule has 0 aliphatic carbocycles. The summed E-state index contributed by atoms with van der Waals surface area (Å²) in [5.74, 6) is 0. The molecule has 0 saturated carbocycles. The summed E-state index contributed by atoms with van der Waals surface area (Å²) in [7, 11) is -2.88. The Labute approximate surface area is 103 Å². The molecule has 0 aliphatic heterocycles. The summed E-state index contributed by atoms with van der Waals surface area (Å²) in [6.45, 7) is 9.01. The Morgan fingerprint density at radius 1 is 0.941 bits per heavy atom. The van der Waals surface area contributed by atoms with Gasteiger partial charge in [0.25, 0.3) is 6.43 Å². The highest BCUT2D eigenvalue weighted by Gasteiger charge is 2.42. The first kappa shape index (κ1) is 16.9. The minimum atomic E-state index is -2.97. The third-order valence-corrected chi connectivity index (χ3v) is 6.11. The second kappa shape index (κ2) is 7.38. The summed E-state index contributed by atoms with van der Waals surface area (Å²) < 4.78 is 49.2. The van der Waals surface area contributed by atoms with Crippen molar-refractivity contribution < 1.29 is 22.0 Å². The number of alkyl halides is 3. The summed E-state index contributed by atoms with van der Waals surface area (Å²) >= 11 is 0. The van der Waals surface area contributed by atoms with Crippen LogP contribution in [0.3, 0.4) is 0 Å². The van der Waals surface area contributed by atoms with Gasteiger partial charge in [-0.3, -0.25) is 0 Å². The fraction of sp³-hybridized carbons (Fsp3) is 1.00. The van der Waals surface area contributed by atoms with Gasteiger partial charge in [-0.2, -0.15) is 0 Å². The molecule has 0 amide bonds. The zero-order valence-corrected chi connectivity index (χ0v) is 12.2. The fourth-order valence-corrected chi connectivity index (χ4v) is 5.04. The zero-order valence-electron chi connectivity index (χ0n) is 11.2. The van der Waals surface area contributed by atoms with Crippen LogP contribution in [0, 0.1) is 0 Å². The molecule has 17 heavy (non-hydrogen) atoms. The summed E-state index contributed by atoms with van der Waals surface area (Å²) in [5, 5.41) is 0. The molecule has 0 aromatic carbocycles. The maximum atomic E-state index is 13.2. The molecule has 0 spiro atoms. The van der Waals surface area contributed by atoms with Crippen LogP contribution in [-0.4, -0.2) is 33.4 Å². The van der Waals surface area contributed by atoms with Crippen molar-refractivity contribution in [3.63, 3.8) is 0 Å². The van der Waals surface area contributed by atoms with E-state index in [0.29, 0.717) is 6.04 Å². The van der Waals surface area contributed by atoms with Crippen molar-refractivity contribution >= 4 is 8.56 Å². The first-order valence-corrected chi connectivity index (χ1v) is 8.23. The fourth-order valence-electron chi connectivity index (χ4n) is 1.68. The molecule has 6 heteroatoms. The summed E-state index contributed by atoms with van der Waals surface area (Å²) in [6, 6.07) is 0.161. The lowest BCUT2D eigenvalue weighted by Crippen LogP contribution is -2.48. The van der Waals surface area contributed by atoms with Crippen LogP contribution in [0.1, 0.15) is 34.6 Å². The highest BCUT2D eigenvalue weighted by molar-refractivity contribution is 6.67. The van der Waals surface area contributed by atoms with Gasteiger partial charge < -0.3 is 8.85 Å². The van der Waals surface area contributed by atoms with Crippen molar-refractivity contribution in [3.8, 4) is 0 Å². The lowest BCUT2D eigenvalue weighted by molar-refractivity contribution is 0.0424. The molecule has 0 rings (SSSR count). The van der Waals surface area contributed by atoms with Gasteiger partial charge in [-0.05, 0) is 33.7 Å². The molecule has 2 nitrogen and oxygen atoms in total. The topological polar surface area (TPSA) is 18.5 Å². The Morgan fingerprint density at radius 3 is 1.59 bits per heavy atom. The Balaban J connectivity index is 4.77. The van der Waals surface area contributed by atoms with Gasteiger partial charge in [0.15, 0.2) is 6.17 Å². The van der Waals surface area contributed by atoms with Gasteiger partial charge in [0.05, 0.1) is 0 Å². The van der Waals surface area contributed by atoms with Crippen LogP contribution < -0.4 is 0 Å². The average Bonchev–Trinajstić information content (AvgIpc) is 2.15. The van der Waals surface area contributed by atoms with Crippen molar-refractivity contribution in [1.82, 2.24) is 0 Å². The zero-order chi connectivity index (χ0) is 13.6. The minimum absolute atomic E-state index is 0.148. The smallest absolute Gasteiger partial charge is 0.341 e. The molecule has 0 bridgehead atoms. The predicted molar refractivity (Wildman–Crippen MR) is 64.4 cm³/mol. The number of hydrogen-bond donors (Lipinski definition) is 0. The van der Waals surface area contributed by atoms with E-state index in [1.54, 1.807) is 34.6 Å². The van der Waals surface area contributed by atoms with Crippen molar-refractivity contribution in [2.45, 2.75) is 71.5 Å². The Bertz CT molecular complexity index is 203. The summed E-state index contributed by atoms with van der Waals surface area (Å²) in [6.07, 6.45) is -5.44. The van der Waals surface area contributed by atoms with E-state index in [0.717, 1.165) is 0 Å². The third-order valence-electron chi connectivity index (χ3n) is 2.22. The standard InChI is InChI=1S/C11H23F3O2Si/c1-6-17(15-8(2)3,16-9(4)5)7-10(12)11(13)14/h8-11H,6-7H2,1-5H3. The second-order valence-corrected chi connectivity index (χ2v) is 8.06. The van der Waals surface area contributed by atoms with E-state index in [-0.39, 0.29) is 18.3 Å². The van der Waals surface area contributed by atoms with Crippen LogP contribution in [-0.2, 0) is 8.85 Å². The largest absolute Gasteiger partial charge is 0.392 e. The van der Waals surface area contributed by atoms with Gasteiger partial charge in [0, 0.05) is 18.3 Å². The molecule has 0 aromatic rings. The Morgan fingerprint density at radius 2 is 1.35 bits per heavy atom. The molecule has 104 valence electrons. The molecular weight excluding hydrogens is 249 g/mol. The van der Waals surface area contributed by atoms with E-state index in [1.807, 2.05) is 0 Å². The quantitative estimate of drug-likeness (QED) is 0.624. The van der Waals surface area contributed by atoms with E-state index < -0.39 is 21.2 Å². The van der Waals surface area contributed by atoms with Gasteiger partial charge in [-0.15, -0.1) is 0 Å². The average molecular weight is 272 g/mol. The van der Waals surface area contributed by atoms with Gasteiger partial charge in [0.1, 0.15) is 0 Å². The highest BCUT2D eigenvalue weighted by Crippen LogP contribution is 2.27. The molecule has 0 aliphatic rings.